The number of carbonyl (C=O) groups is 1. The maximum Gasteiger partial charge on any atom is 0.274 e. The molecule has 2 aromatic rings. The van der Waals surface area contributed by atoms with Gasteiger partial charge in [0.2, 0.25) is 0 Å². The molecule has 2 heterocycles. The summed E-state index contributed by atoms with van der Waals surface area (Å²) in [6.45, 7) is 6.40. The topological polar surface area (TPSA) is 62.1 Å². The van der Waals surface area contributed by atoms with Crippen LogP contribution in [0, 0.1) is 5.92 Å². The molecule has 0 bridgehead atoms. The predicted octanol–water partition coefficient (Wildman–Crippen LogP) is 3.32. The van der Waals surface area contributed by atoms with Gasteiger partial charge in [-0.05, 0) is 37.8 Å². The molecule has 5 heteroatoms. The van der Waals surface area contributed by atoms with Gasteiger partial charge in [0, 0.05) is 18.2 Å². The summed E-state index contributed by atoms with van der Waals surface area (Å²) in [4.78, 5) is 14.8. The average Bonchev–Trinajstić information content (AvgIpc) is 2.97. The molecule has 1 fully saturated rings. The first kappa shape index (κ1) is 13.9. The molecule has 1 aliphatic rings. The van der Waals surface area contributed by atoms with Crippen molar-refractivity contribution in [3.05, 3.63) is 30.2 Å². The second-order valence-corrected chi connectivity index (χ2v) is 6.07. The largest absolute Gasteiger partial charge is 0.463 e. The molecule has 1 saturated carbocycles. The minimum Gasteiger partial charge on any atom is -0.463 e. The fourth-order valence-corrected chi connectivity index (χ4v) is 2.48. The van der Waals surface area contributed by atoms with Crippen LogP contribution in [0.3, 0.4) is 0 Å². The number of aromatic nitrogens is 2. The normalized spacial score (nSPS) is 16.2. The van der Waals surface area contributed by atoms with E-state index in [1.165, 1.54) is 0 Å². The standard InChI is InChI=1S/C16H21N3O2/c1-10(2)11(3)19(12-6-7-12)16(20)14-9-13(17-18-14)15-5-4-8-21-15/h4-5,8-12H,6-7H2,1-3H3,(H,17,18). The summed E-state index contributed by atoms with van der Waals surface area (Å²) >= 11 is 0. The van der Waals surface area contributed by atoms with E-state index < -0.39 is 0 Å². The highest BCUT2D eigenvalue weighted by Crippen LogP contribution is 2.32. The first-order valence-corrected chi connectivity index (χ1v) is 7.50. The maximum atomic E-state index is 12.8. The van der Waals surface area contributed by atoms with Crippen LogP contribution in [0.2, 0.25) is 0 Å². The highest BCUT2D eigenvalue weighted by atomic mass is 16.3. The third kappa shape index (κ3) is 2.73. The van der Waals surface area contributed by atoms with Gasteiger partial charge in [-0.2, -0.15) is 5.10 Å². The van der Waals surface area contributed by atoms with Gasteiger partial charge < -0.3 is 9.32 Å². The first-order valence-electron chi connectivity index (χ1n) is 7.50. The van der Waals surface area contributed by atoms with Crippen LogP contribution in [0.4, 0.5) is 0 Å². The Morgan fingerprint density at radius 3 is 2.76 bits per heavy atom. The van der Waals surface area contributed by atoms with Crippen molar-refractivity contribution < 1.29 is 9.21 Å². The lowest BCUT2D eigenvalue weighted by Crippen LogP contribution is -2.43. The van der Waals surface area contributed by atoms with Crippen molar-refractivity contribution in [3.8, 4) is 11.5 Å². The molecule has 1 amide bonds. The molecular weight excluding hydrogens is 266 g/mol. The van der Waals surface area contributed by atoms with Gasteiger partial charge >= 0.3 is 0 Å². The Bertz CT molecular complexity index is 611. The van der Waals surface area contributed by atoms with E-state index in [2.05, 4.69) is 31.0 Å². The number of hydrogen-bond donors (Lipinski definition) is 1. The van der Waals surface area contributed by atoms with Crippen LogP contribution in [0.5, 0.6) is 0 Å². The van der Waals surface area contributed by atoms with E-state index in [4.69, 9.17) is 4.42 Å². The molecule has 112 valence electrons. The van der Waals surface area contributed by atoms with Gasteiger partial charge in [-0.3, -0.25) is 9.89 Å². The van der Waals surface area contributed by atoms with Crippen LogP contribution >= 0.6 is 0 Å². The van der Waals surface area contributed by atoms with E-state index >= 15 is 0 Å². The molecule has 2 aromatic heterocycles. The highest BCUT2D eigenvalue weighted by Gasteiger charge is 2.37. The Morgan fingerprint density at radius 2 is 2.19 bits per heavy atom. The molecule has 0 aliphatic heterocycles. The van der Waals surface area contributed by atoms with Crippen LogP contribution in [0.25, 0.3) is 11.5 Å². The van der Waals surface area contributed by atoms with Gasteiger partial charge in [0.05, 0.1) is 6.26 Å². The number of H-pyrrole nitrogens is 1. The van der Waals surface area contributed by atoms with E-state index in [1.807, 2.05) is 17.0 Å². The van der Waals surface area contributed by atoms with Crippen molar-refractivity contribution in [2.75, 3.05) is 0 Å². The summed E-state index contributed by atoms with van der Waals surface area (Å²) in [5.41, 5.74) is 1.19. The highest BCUT2D eigenvalue weighted by molar-refractivity contribution is 5.93. The molecule has 1 aliphatic carbocycles. The van der Waals surface area contributed by atoms with Crippen LogP contribution in [0.1, 0.15) is 44.1 Å². The molecule has 1 atom stereocenters. The number of hydrogen-bond acceptors (Lipinski definition) is 3. The van der Waals surface area contributed by atoms with Crippen molar-refractivity contribution in [1.29, 1.82) is 0 Å². The lowest BCUT2D eigenvalue weighted by atomic mass is 10.0. The van der Waals surface area contributed by atoms with Crippen LogP contribution in [0.15, 0.2) is 28.9 Å². The number of rotatable bonds is 5. The zero-order valence-electron chi connectivity index (χ0n) is 12.7. The number of aromatic amines is 1. The molecule has 0 radical (unpaired) electrons. The molecule has 1 unspecified atom stereocenters. The third-order valence-electron chi connectivity index (χ3n) is 4.16. The van der Waals surface area contributed by atoms with Crippen molar-refractivity contribution in [3.63, 3.8) is 0 Å². The SMILES string of the molecule is CC(C)C(C)N(C(=O)c1cc(-c2ccco2)[nH]n1)C1CC1. The Morgan fingerprint density at radius 1 is 1.43 bits per heavy atom. The number of furan rings is 1. The van der Waals surface area contributed by atoms with Crippen LogP contribution < -0.4 is 0 Å². The molecule has 21 heavy (non-hydrogen) atoms. The van der Waals surface area contributed by atoms with E-state index in [0.717, 1.165) is 18.5 Å². The Hall–Kier alpha value is -2.04. The molecule has 0 spiro atoms. The van der Waals surface area contributed by atoms with Gasteiger partial charge in [-0.15, -0.1) is 0 Å². The predicted molar refractivity (Wildman–Crippen MR) is 79.8 cm³/mol. The Balaban J connectivity index is 1.83. The molecule has 0 saturated heterocycles. The zero-order valence-corrected chi connectivity index (χ0v) is 12.7. The summed E-state index contributed by atoms with van der Waals surface area (Å²) < 4.78 is 5.32. The van der Waals surface area contributed by atoms with E-state index in [9.17, 15) is 4.79 Å². The van der Waals surface area contributed by atoms with Gasteiger partial charge in [-0.25, -0.2) is 0 Å². The fraction of sp³-hybridized carbons (Fsp3) is 0.500. The number of carbonyl (C=O) groups excluding carboxylic acids is 1. The zero-order chi connectivity index (χ0) is 15.0. The number of amides is 1. The maximum absolute atomic E-state index is 12.8. The summed E-state index contributed by atoms with van der Waals surface area (Å²) in [6.07, 6.45) is 3.80. The summed E-state index contributed by atoms with van der Waals surface area (Å²) in [5.74, 6) is 1.13. The second kappa shape index (κ2) is 5.39. The van der Waals surface area contributed by atoms with Gasteiger partial charge in [-0.1, -0.05) is 13.8 Å². The number of nitrogens with zero attached hydrogens (tertiary/aromatic N) is 2. The summed E-state index contributed by atoms with van der Waals surface area (Å²) in [6, 6.07) is 6.02. The summed E-state index contributed by atoms with van der Waals surface area (Å²) in [7, 11) is 0. The molecule has 5 nitrogen and oxygen atoms in total. The van der Waals surface area contributed by atoms with Crippen molar-refractivity contribution >= 4 is 5.91 Å². The molecule has 1 N–H and O–H groups in total. The van der Waals surface area contributed by atoms with Crippen molar-refractivity contribution in [1.82, 2.24) is 15.1 Å². The van der Waals surface area contributed by atoms with Crippen molar-refractivity contribution in [2.45, 2.75) is 45.7 Å². The fourth-order valence-electron chi connectivity index (χ4n) is 2.48. The lowest BCUT2D eigenvalue weighted by molar-refractivity contribution is 0.0621. The second-order valence-electron chi connectivity index (χ2n) is 6.07. The Kier molecular flexibility index (Phi) is 3.57. The van der Waals surface area contributed by atoms with Gasteiger partial charge in [0.1, 0.15) is 5.69 Å². The lowest BCUT2D eigenvalue weighted by Gasteiger charge is -2.31. The minimum absolute atomic E-state index is 0.00718. The average molecular weight is 287 g/mol. The van der Waals surface area contributed by atoms with E-state index in [0.29, 0.717) is 23.4 Å². The van der Waals surface area contributed by atoms with Gasteiger partial charge in [0.15, 0.2) is 11.5 Å². The third-order valence-corrected chi connectivity index (χ3v) is 4.16. The van der Waals surface area contributed by atoms with Crippen LogP contribution in [-0.2, 0) is 0 Å². The van der Waals surface area contributed by atoms with Gasteiger partial charge in [0.25, 0.3) is 5.91 Å². The van der Waals surface area contributed by atoms with E-state index in [1.54, 1.807) is 12.3 Å². The van der Waals surface area contributed by atoms with Crippen molar-refractivity contribution in [2.24, 2.45) is 5.92 Å². The smallest absolute Gasteiger partial charge is 0.274 e. The molecule has 0 aromatic carbocycles. The van der Waals surface area contributed by atoms with Crippen LogP contribution in [-0.4, -0.2) is 33.1 Å². The minimum atomic E-state index is 0.00718. The monoisotopic (exact) mass is 287 g/mol. The Labute approximate surface area is 124 Å². The first-order chi connectivity index (χ1) is 10.1. The number of nitrogens with one attached hydrogen (secondary N) is 1. The quantitative estimate of drug-likeness (QED) is 0.917. The molecular formula is C16H21N3O2. The summed E-state index contributed by atoms with van der Waals surface area (Å²) in [5, 5.41) is 7.05. The molecule has 3 rings (SSSR count). The van der Waals surface area contributed by atoms with E-state index in [-0.39, 0.29) is 11.9 Å².